The molecule has 1 aromatic carbocycles. The van der Waals surface area contributed by atoms with E-state index in [-0.39, 0.29) is 34.0 Å². The third-order valence-corrected chi connectivity index (χ3v) is 6.29. The Morgan fingerprint density at radius 2 is 2.00 bits per heavy atom. The van der Waals surface area contributed by atoms with Crippen molar-refractivity contribution in [2.45, 2.75) is 62.0 Å². The Hall–Kier alpha value is -1.36. The molecule has 2 aliphatic rings. The number of benzene rings is 1. The summed E-state index contributed by atoms with van der Waals surface area (Å²) >= 11 is 1.63. The van der Waals surface area contributed by atoms with E-state index in [0.717, 1.165) is 32.1 Å². The summed E-state index contributed by atoms with van der Waals surface area (Å²) in [5.74, 6) is -0.346. The van der Waals surface area contributed by atoms with Crippen LogP contribution in [0.4, 0.5) is 4.39 Å². The second-order valence-corrected chi connectivity index (χ2v) is 8.18. The van der Waals surface area contributed by atoms with Crippen LogP contribution in [0.25, 0.3) is 0 Å². The van der Waals surface area contributed by atoms with Crippen LogP contribution in [0.1, 0.15) is 56.9 Å². The van der Waals surface area contributed by atoms with Gasteiger partial charge in [0, 0.05) is 17.6 Å². The highest BCUT2D eigenvalue weighted by molar-refractivity contribution is 8.00. The SMILES string of the molecule is CCCC(=O)NC1CCC(C(C(=O)C2CC2)c2ccccc2F)S1. The Morgan fingerprint density at radius 1 is 1.25 bits per heavy atom. The quantitative estimate of drug-likeness (QED) is 0.808. The predicted molar refractivity (Wildman–Crippen MR) is 94.3 cm³/mol. The maximum Gasteiger partial charge on any atom is 0.220 e. The van der Waals surface area contributed by atoms with Crippen molar-refractivity contribution in [2.75, 3.05) is 0 Å². The fourth-order valence-corrected chi connectivity index (χ4v) is 4.98. The summed E-state index contributed by atoms with van der Waals surface area (Å²) in [7, 11) is 0. The average Bonchev–Trinajstić information content (AvgIpc) is 3.31. The summed E-state index contributed by atoms with van der Waals surface area (Å²) in [6.45, 7) is 1.98. The zero-order valence-corrected chi connectivity index (χ0v) is 14.8. The Labute approximate surface area is 146 Å². The standard InChI is InChI=1S/C19H24FNO2S/c1-2-5-16(22)21-17-11-10-15(24-17)18(19(23)12-8-9-12)13-6-3-4-7-14(13)20/h3-4,6-7,12,15,17-18H,2,5,8-11H2,1H3,(H,21,22). The first-order valence-electron chi connectivity index (χ1n) is 8.83. The van der Waals surface area contributed by atoms with E-state index >= 15 is 0 Å². The number of halogens is 1. The van der Waals surface area contributed by atoms with Crippen molar-refractivity contribution in [3.8, 4) is 0 Å². The van der Waals surface area contributed by atoms with E-state index in [4.69, 9.17) is 0 Å². The van der Waals surface area contributed by atoms with E-state index in [9.17, 15) is 14.0 Å². The first-order valence-corrected chi connectivity index (χ1v) is 9.77. The molecule has 5 heteroatoms. The topological polar surface area (TPSA) is 46.2 Å². The maximum absolute atomic E-state index is 14.3. The van der Waals surface area contributed by atoms with Gasteiger partial charge in [-0.2, -0.15) is 0 Å². The van der Waals surface area contributed by atoms with Crippen LogP contribution in [0.15, 0.2) is 24.3 Å². The van der Waals surface area contributed by atoms with Crippen molar-refractivity contribution in [1.29, 1.82) is 0 Å². The van der Waals surface area contributed by atoms with E-state index in [0.29, 0.717) is 12.0 Å². The first-order chi connectivity index (χ1) is 11.6. The summed E-state index contributed by atoms with van der Waals surface area (Å²) in [4.78, 5) is 24.6. The van der Waals surface area contributed by atoms with Gasteiger partial charge in [0.15, 0.2) is 0 Å². The highest BCUT2D eigenvalue weighted by atomic mass is 32.2. The molecule has 1 aliphatic carbocycles. The molecule has 3 rings (SSSR count). The van der Waals surface area contributed by atoms with Crippen molar-refractivity contribution in [1.82, 2.24) is 5.32 Å². The first kappa shape index (κ1) is 17.5. The molecule has 1 saturated carbocycles. The number of carbonyl (C=O) groups is 2. The van der Waals surface area contributed by atoms with E-state index < -0.39 is 5.92 Å². The minimum Gasteiger partial charge on any atom is -0.344 e. The highest BCUT2D eigenvalue weighted by Gasteiger charge is 2.43. The van der Waals surface area contributed by atoms with Gasteiger partial charge in [-0.1, -0.05) is 25.1 Å². The number of amides is 1. The Bertz CT molecular complexity index is 617. The summed E-state index contributed by atoms with van der Waals surface area (Å²) < 4.78 is 14.3. The van der Waals surface area contributed by atoms with E-state index in [2.05, 4.69) is 5.32 Å². The molecule has 24 heavy (non-hydrogen) atoms. The van der Waals surface area contributed by atoms with Gasteiger partial charge in [-0.25, -0.2) is 4.39 Å². The van der Waals surface area contributed by atoms with Crippen molar-refractivity contribution in [3.63, 3.8) is 0 Å². The van der Waals surface area contributed by atoms with Crippen LogP contribution in [-0.4, -0.2) is 22.3 Å². The van der Waals surface area contributed by atoms with Crippen LogP contribution in [0.3, 0.4) is 0 Å². The highest BCUT2D eigenvalue weighted by Crippen LogP contribution is 2.46. The van der Waals surface area contributed by atoms with Crippen LogP contribution < -0.4 is 5.32 Å². The maximum atomic E-state index is 14.3. The van der Waals surface area contributed by atoms with Crippen molar-refractivity contribution in [2.24, 2.45) is 5.92 Å². The number of Topliss-reactive ketones (excluding diaryl/α,β-unsaturated/α-hetero) is 1. The molecule has 1 aromatic rings. The lowest BCUT2D eigenvalue weighted by Crippen LogP contribution is -2.31. The fourth-order valence-electron chi connectivity index (χ4n) is 3.38. The fraction of sp³-hybridized carbons (Fsp3) is 0.579. The zero-order chi connectivity index (χ0) is 17.1. The normalized spacial score (nSPS) is 24.6. The number of thioether (sulfide) groups is 1. The van der Waals surface area contributed by atoms with Gasteiger partial charge in [0.1, 0.15) is 11.6 Å². The predicted octanol–water partition coefficient (Wildman–Crippen LogP) is 4.03. The number of ketones is 1. The van der Waals surface area contributed by atoms with E-state index in [1.54, 1.807) is 30.0 Å². The molecule has 0 aromatic heterocycles. The van der Waals surface area contributed by atoms with Gasteiger partial charge in [0.25, 0.3) is 0 Å². The lowest BCUT2D eigenvalue weighted by atomic mass is 9.87. The number of hydrogen-bond donors (Lipinski definition) is 1. The Balaban J connectivity index is 1.74. The van der Waals surface area contributed by atoms with Gasteiger partial charge in [0.05, 0.1) is 11.3 Å². The lowest BCUT2D eigenvalue weighted by Gasteiger charge is -2.23. The van der Waals surface area contributed by atoms with Crippen LogP contribution in [0.2, 0.25) is 0 Å². The van der Waals surface area contributed by atoms with Crippen molar-refractivity contribution < 1.29 is 14.0 Å². The summed E-state index contributed by atoms with van der Waals surface area (Å²) in [5, 5.41) is 3.11. The largest absolute Gasteiger partial charge is 0.344 e. The van der Waals surface area contributed by atoms with Gasteiger partial charge in [-0.05, 0) is 43.7 Å². The van der Waals surface area contributed by atoms with Gasteiger partial charge in [0.2, 0.25) is 5.91 Å². The monoisotopic (exact) mass is 349 g/mol. The molecule has 0 spiro atoms. The van der Waals surface area contributed by atoms with Gasteiger partial charge < -0.3 is 5.32 Å². The minimum atomic E-state index is -0.392. The molecule has 1 heterocycles. The number of hydrogen-bond acceptors (Lipinski definition) is 3. The van der Waals surface area contributed by atoms with E-state index in [1.807, 2.05) is 6.92 Å². The Kier molecular flexibility index (Phi) is 5.59. The van der Waals surface area contributed by atoms with Crippen LogP contribution in [0, 0.1) is 11.7 Å². The molecule has 3 unspecified atom stereocenters. The van der Waals surface area contributed by atoms with Crippen molar-refractivity contribution >= 4 is 23.5 Å². The molecule has 3 atom stereocenters. The summed E-state index contributed by atoms with van der Waals surface area (Å²) in [5.41, 5.74) is 0.521. The Morgan fingerprint density at radius 3 is 2.67 bits per heavy atom. The van der Waals surface area contributed by atoms with E-state index in [1.165, 1.54) is 6.07 Å². The van der Waals surface area contributed by atoms with Gasteiger partial charge in [-0.3, -0.25) is 9.59 Å². The summed E-state index contributed by atoms with van der Waals surface area (Å²) in [6, 6.07) is 6.63. The van der Waals surface area contributed by atoms with Gasteiger partial charge >= 0.3 is 0 Å². The molecule has 3 nitrogen and oxygen atoms in total. The molecule has 1 N–H and O–H groups in total. The second kappa shape index (κ2) is 7.68. The molecular weight excluding hydrogens is 325 g/mol. The minimum absolute atomic E-state index is 0.0373. The molecule has 1 amide bonds. The van der Waals surface area contributed by atoms with Crippen molar-refractivity contribution in [3.05, 3.63) is 35.6 Å². The lowest BCUT2D eigenvalue weighted by molar-refractivity contribution is -0.122. The molecule has 2 fully saturated rings. The molecule has 0 bridgehead atoms. The average molecular weight is 349 g/mol. The number of carbonyl (C=O) groups excluding carboxylic acids is 2. The second-order valence-electron chi connectivity index (χ2n) is 6.73. The van der Waals surface area contributed by atoms with Crippen LogP contribution >= 0.6 is 11.8 Å². The molecule has 1 aliphatic heterocycles. The molecule has 1 saturated heterocycles. The van der Waals surface area contributed by atoms with Crippen LogP contribution in [0.5, 0.6) is 0 Å². The third kappa shape index (κ3) is 4.00. The number of rotatable bonds is 7. The zero-order valence-electron chi connectivity index (χ0n) is 14.0. The van der Waals surface area contributed by atoms with Crippen LogP contribution in [-0.2, 0) is 9.59 Å². The molecule has 0 radical (unpaired) electrons. The molecule has 130 valence electrons. The summed E-state index contributed by atoms with van der Waals surface area (Å²) in [6.07, 6.45) is 4.88. The van der Waals surface area contributed by atoms with Gasteiger partial charge in [-0.15, -0.1) is 11.8 Å². The third-order valence-electron chi connectivity index (χ3n) is 4.75. The number of nitrogens with one attached hydrogen (secondary N) is 1. The molecular formula is C19H24FNO2S. The smallest absolute Gasteiger partial charge is 0.220 e.